The van der Waals surface area contributed by atoms with Crippen molar-refractivity contribution in [3.8, 4) is 11.5 Å². The molecule has 3 aromatic rings. The fourth-order valence-corrected chi connectivity index (χ4v) is 7.66. The number of ketones is 2. The molecule has 0 atom stereocenters. The van der Waals surface area contributed by atoms with Crippen molar-refractivity contribution in [3.63, 3.8) is 0 Å². The number of methoxy groups -OCH3 is 1. The molecule has 3 aromatic carbocycles. The third-order valence-electron chi connectivity index (χ3n) is 9.09. The molecule has 0 spiro atoms. The maximum absolute atomic E-state index is 14.2. The van der Waals surface area contributed by atoms with Crippen LogP contribution in [0.3, 0.4) is 0 Å². The Hall–Kier alpha value is -3.35. The van der Waals surface area contributed by atoms with Crippen molar-refractivity contribution in [2.45, 2.75) is 72.4 Å². The highest BCUT2D eigenvalue weighted by atomic mass is 79.9. The zero-order chi connectivity index (χ0) is 32.1. The largest absolute Gasteiger partial charge is 0.493 e. The van der Waals surface area contributed by atoms with E-state index in [-0.39, 0.29) is 22.4 Å². The van der Waals surface area contributed by atoms with Crippen LogP contribution in [0.1, 0.15) is 76.0 Å². The topological polar surface area (TPSA) is 55.8 Å². The van der Waals surface area contributed by atoms with Crippen molar-refractivity contribution < 1.29 is 19.1 Å². The minimum atomic E-state index is -0.527. The van der Waals surface area contributed by atoms with E-state index >= 15 is 0 Å². The Bertz CT molecular complexity index is 1670. The van der Waals surface area contributed by atoms with Crippen LogP contribution in [0.5, 0.6) is 11.5 Å². The number of carbonyl (C=O) groups is 2. The Labute approximate surface area is 279 Å². The minimum Gasteiger partial charge on any atom is -0.493 e. The zero-order valence-corrected chi connectivity index (χ0v) is 28.8. The van der Waals surface area contributed by atoms with Crippen molar-refractivity contribution >= 4 is 39.1 Å². The molecule has 0 saturated heterocycles. The van der Waals surface area contributed by atoms with Crippen LogP contribution in [0.4, 0.5) is 0 Å². The second-order valence-electron chi connectivity index (χ2n) is 14.1. The normalized spacial score (nSPS) is 19.4. The Morgan fingerprint density at radius 2 is 1.40 bits per heavy atom. The van der Waals surface area contributed by atoms with Gasteiger partial charge in [-0.1, -0.05) is 97.7 Å². The maximum Gasteiger partial charge on any atom is 0.180 e. The number of hydrogen-bond acceptors (Lipinski definition) is 5. The van der Waals surface area contributed by atoms with Gasteiger partial charge in [-0.05, 0) is 64.6 Å². The highest BCUT2D eigenvalue weighted by molar-refractivity contribution is 9.10. The first kappa shape index (κ1) is 31.6. The first-order valence-electron chi connectivity index (χ1n) is 15.4. The van der Waals surface area contributed by atoms with Crippen molar-refractivity contribution in [2.24, 2.45) is 10.8 Å². The number of Topliss-reactive ketones (excluding diaryl/α,β-unsaturated/α-hetero) is 2. The highest BCUT2D eigenvalue weighted by Crippen LogP contribution is 2.55. The lowest BCUT2D eigenvalue weighted by atomic mass is 9.63. The van der Waals surface area contributed by atoms with Gasteiger partial charge >= 0.3 is 0 Å². The van der Waals surface area contributed by atoms with Gasteiger partial charge in [-0.15, -0.1) is 0 Å². The third-order valence-corrected chi connectivity index (χ3v) is 9.90. The molecule has 0 amide bonds. The van der Waals surface area contributed by atoms with E-state index in [2.05, 4.69) is 60.7 Å². The maximum atomic E-state index is 14.2. The molecule has 5 nitrogen and oxygen atoms in total. The predicted octanol–water partition coefficient (Wildman–Crippen LogP) is 9.58. The molecule has 0 bridgehead atoms. The summed E-state index contributed by atoms with van der Waals surface area (Å²) < 4.78 is 13.0. The van der Waals surface area contributed by atoms with Gasteiger partial charge in [-0.2, -0.15) is 0 Å². The van der Waals surface area contributed by atoms with Crippen molar-refractivity contribution in [3.05, 3.63) is 115 Å². The lowest BCUT2D eigenvalue weighted by molar-refractivity contribution is -0.119. The minimum absolute atomic E-state index is 0.0825. The van der Waals surface area contributed by atoms with Gasteiger partial charge in [0.15, 0.2) is 23.1 Å². The van der Waals surface area contributed by atoms with Crippen molar-refractivity contribution in [1.82, 2.24) is 4.90 Å². The molecule has 0 unspecified atom stereocenters. The van der Waals surface area contributed by atoms with Gasteiger partial charge in [-0.3, -0.25) is 9.59 Å². The third kappa shape index (κ3) is 6.37. The Morgan fingerprint density at radius 1 is 0.822 bits per heavy atom. The molecule has 1 heterocycles. The van der Waals surface area contributed by atoms with Crippen LogP contribution in [0, 0.1) is 10.8 Å². The van der Waals surface area contributed by atoms with Crippen LogP contribution in [0.15, 0.2) is 93.7 Å². The van der Waals surface area contributed by atoms with E-state index in [1.807, 2.05) is 54.6 Å². The smallest absolute Gasteiger partial charge is 0.180 e. The van der Waals surface area contributed by atoms with E-state index in [1.54, 1.807) is 7.11 Å². The van der Waals surface area contributed by atoms with E-state index in [0.29, 0.717) is 53.7 Å². The molecule has 1 aliphatic heterocycles. The quantitative estimate of drug-likeness (QED) is 0.248. The van der Waals surface area contributed by atoms with Crippen LogP contribution in [0.2, 0.25) is 5.02 Å². The summed E-state index contributed by atoms with van der Waals surface area (Å²) in [5.74, 6) is 0.542. The van der Waals surface area contributed by atoms with Crippen molar-refractivity contribution in [1.29, 1.82) is 0 Å². The van der Waals surface area contributed by atoms with Crippen LogP contribution < -0.4 is 9.47 Å². The van der Waals surface area contributed by atoms with E-state index in [1.165, 1.54) is 0 Å². The second-order valence-corrected chi connectivity index (χ2v) is 15.4. The molecule has 0 aromatic heterocycles. The summed E-state index contributed by atoms with van der Waals surface area (Å²) >= 11 is 10.4. The van der Waals surface area contributed by atoms with Crippen LogP contribution in [-0.2, 0) is 22.7 Å². The fourth-order valence-electron chi connectivity index (χ4n) is 7.12. The average molecular weight is 689 g/mol. The molecule has 0 radical (unpaired) electrons. The number of halogens is 2. The van der Waals surface area contributed by atoms with Crippen LogP contribution >= 0.6 is 27.5 Å². The van der Waals surface area contributed by atoms with E-state index < -0.39 is 5.92 Å². The summed E-state index contributed by atoms with van der Waals surface area (Å²) in [5.41, 5.74) is 5.93. The average Bonchev–Trinajstić information content (AvgIpc) is 2.97. The van der Waals surface area contributed by atoms with Crippen molar-refractivity contribution in [2.75, 3.05) is 7.11 Å². The summed E-state index contributed by atoms with van der Waals surface area (Å²) in [4.78, 5) is 30.7. The molecule has 0 fully saturated rings. The highest BCUT2D eigenvalue weighted by Gasteiger charge is 2.49. The van der Waals surface area contributed by atoms with Gasteiger partial charge in [0.25, 0.3) is 0 Å². The van der Waals surface area contributed by atoms with E-state index in [9.17, 15) is 9.59 Å². The van der Waals surface area contributed by atoms with Crippen LogP contribution in [0.25, 0.3) is 0 Å². The molecule has 45 heavy (non-hydrogen) atoms. The zero-order valence-electron chi connectivity index (χ0n) is 26.5. The van der Waals surface area contributed by atoms with Gasteiger partial charge in [0.05, 0.1) is 12.1 Å². The summed E-state index contributed by atoms with van der Waals surface area (Å²) in [6.45, 7) is 9.53. The number of allylic oxidation sites excluding steroid dienone is 4. The summed E-state index contributed by atoms with van der Waals surface area (Å²) in [6.07, 6.45) is 2.32. The summed E-state index contributed by atoms with van der Waals surface area (Å²) in [6, 6.07) is 21.9. The van der Waals surface area contributed by atoms with Gasteiger partial charge in [-0.25, -0.2) is 0 Å². The first-order chi connectivity index (χ1) is 21.4. The standard InChI is InChI=1S/C38H39BrClNO4/c1-37(2)17-28-34(30(42)19-37)33(25-15-27(40)36(32(16-25)44-5)45-22-24-11-13-26(39)14-12-24)35-29(18-38(3,4)20-31(35)43)41(28)21-23-9-7-6-8-10-23/h6-16,33H,17-22H2,1-5H3. The number of hydrogen-bond donors (Lipinski definition) is 0. The predicted molar refractivity (Wildman–Crippen MR) is 181 cm³/mol. The first-order valence-corrected chi connectivity index (χ1v) is 16.6. The lowest BCUT2D eigenvalue weighted by Gasteiger charge is -2.49. The number of carbonyl (C=O) groups excluding carboxylic acids is 2. The Balaban J connectivity index is 1.50. The molecule has 234 valence electrons. The molecular formula is C38H39BrClNO4. The summed E-state index contributed by atoms with van der Waals surface area (Å²) in [5, 5.41) is 0.379. The molecule has 6 rings (SSSR count). The molecule has 3 aliphatic rings. The van der Waals surface area contributed by atoms with E-state index in [4.69, 9.17) is 21.1 Å². The van der Waals surface area contributed by atoms with Crippen LogP contribution in [-0.4, -0.2) is 23.6 Å². The van der Waals surface area contributed by atoms with Gasteiger partial charge in [0.1, 0.15) is 6.61 Å². The van der Waals surface area contributed by atoms with Gasteiger partial charge in [0.2, 0.25) is 0 Å². The fraction of sp³-hybridized carbons (Fsp3) is 0.368. The molecular weight excluding hydrogens is 650 g/mol. The lowest BCUT2D eigenvalue weighted by Crippen LogP contribution is -2.44. The molecule has 2 aliphatic carbocycles. The SMILES string of the molecule is COc1cc(C2C3=C(CC(C)(C)CC3=O)N(Cc3ccccc3)C3=C2C(=O)CC(C)(C)C3)cc(Cl)c1OCc1ccc(Br)cc1. The van der Waals surface area contributed by atoms with Gasteiger partial charge in [0, 0.05) is 52.3 Å². The monoisotopic (exact) mass is 687 g/mol. The Morgan fingerprint density at radius 3 is 1.96 bits per heavy atom. The number of benzene rings is 3. The molecule has 0 N–H and O–H groups in total. The number of ether oxygens (including phenoxy) is 2. The molecule has 7 heteroatoms. The second kappa shape index (κ2) is 12.1. The van der Waals surface area contributed by atoms with Gasteiger partial charge < -0.3 is 14.4 Å². The number of nitrogens with zero attached hydrogens (tertiary/aromatic N) is 1. The number of rotatable bonds is 7. The summed E-state index contributed by atoms with van der Waals surface area (Å²) in [7, 11) is 1.59. The Kier molecular flexibility index (Phi) is 8.51. The van der Waals surface area contributed by atoms with E-state index in [0.717, 1.165) is 45.4 Å². The molecule has 0 saturated carbocycles.